The van der Waals surface area contributed by atoms with E-state index in [0.29, 0.717) is 21.6 Å². The molecule has 0 fully saturated rings. The topological polar surface area (TPSA) is 72.8 Å². The number of rotatable bonds is 3. The van der Waals surface area contributed by atoms with Crippen molar-refractivity contribution < 1.29 is 17.9 Å². The molecule has 6 nitrogen and oxygen atoms in total. The van der Waals surface area contributed by atoms with Gasteiger partial charge in [0.1, 0.15) is 11.3 Å². The number of benzene rings is 1. The van der Waals surface area contributed by atoms with Gasteiger partial charge in [-0.25, -0.2) is 9.78 Å². The lowest BCUT2D eigenvalue weighted by Crippen LogP contribution is -2.20. The highest BCUT2D eigenvalue weighted by molar-refractivity contribution is 6.35. The summed E-state index contributed by atoms with van der Waals surface area (Å²) in [5.74, 6) is -0.118. The minimum Gasteiger partial charge on any atom is -0.482 e. The van der Waals surface area contributed by atoms with Crippen LogP contribution in [0.4, 0.5) is 13.2 Å². The molecule has 0 amide bonds. The molecule has 4 rings (SSSR count). The highest BCUT2D eigenvalue weighted by Crippen LogP contribution is 2.29. The zero-order valence-corrected chi connectivity index (χ0v) is 14.2. The molecule has 0 unspecified atom stereocenters. The first kappa shape index (κ1) is 17.3. The Labute approximate surface area is 154 Å². The van der Waals surface area contributed by atoms with Gasteiger partial charge in [-0.1, -0.05) is 11.6 Å². The smallest absolute Gasteiger partial charge is 0.422 e. The molecule has 1 aromatic carbocycles. The molecule has 0 bridgehead atoms. The third kappa shape index (κ3) is 3.21. The molecule has 138 valence electrons. The average Bonchev–Trinajstić information content (AvgIpc) is 2.96. The molecule has 0 atom stereocenters. The minimum atomic E-state index is -4.51. The van der Waals surface area contributed by atoms with Crippen LogP contribution >= 0.6 is 11.6 Å². The summed E-state index contributed by atoms with van der Waals surface area (Å²) in [5.41, 5.74) is 0.646. The molecular formula is C17H10ClF3N4O2. The summed E-state index contributed by atoms with van der Waals surface area (Å²) in [6.07, 6.45) is -1.70. The van der Waals surface area contributed by atoms with Gasteiger partial charge in [0.05, 0.1) is 16.2 Å². The standard InChI is InChI=1S/C17H10ClF3N4O2/c18-11-3-5-22-12-2-1-9(7-10(11)12)25-14-13(27-8-17(19,20)21)4-6-23-15(14)24-16(25)26/h1-7H,8H2,(H,23,24,26). The second kappa shape index (κ2) is 6.27. The van der Waals surface area contributed by atoms with Crippen molar-refractivity contribution in [2.45, 2.75) is 6.18 Å². The number of aromatic nitrogens is 4. The van der Waals surface area contributed by atoms with Gasteiger partial charge in [0.15, 0.2) is 12.3 Å². The molecule has 0 aliphatic heterocycles. The number of pyridine rings is 2. The predicted molar refractivity (Wildman–Crippen MR) is 93.6 cm³/mol. The lowest BCUT2D eigenvalue weighted by Gasteiger charge is -2.12. The quantitative estimate of drug-likeness (QED) is 0.572. The van der Waals surface area contributed by atoms with Gasteiger partial charge in [0, 0.05) is 23.8 Å². The lowest BCUT2D eigenvalue weighted by atomic mass is 10.2. The maximum Gasteiger partial charge on any atom is 0.422 e. The summed E-state index contributed by atoms with van der Waals surface area (Å²) in [6.45, 7) is -1.49. The summed E-state index contributed by atoms with van der Waals surface area (Å²) in [6, 6.07) is 7.77. The molecule has 0 saturated carbocycles. The van der Waals surface area contributed by atoms with Crippen molar-refractivity contribution in [3.8, 4) is 11.4 Å². The fourth-order valence-electron chi connectivity index (χ4n) is 2.76. The molecule has 3 aromatic heterocycles. The fourth-order valence-corrected chi connectivity index (χ4v) is 2.97. The van der Waals surface area contributed by atoms with Gasteiger partial charge in [-0.3, -0.25) is 14.5 Å². The molecule has 3 heterocycles. The van der Waals surface area contributed by atoms with Crippen LogP contribution in [-0.2, 0) is 0 Å². The molecule has 0 aliphatic rings. The SMILES string of the molecule is O=c1[nH]c2nccc(OCC(F)(F)F)c2n1-c1ccc2nccc(Cl)c2c1. The van der Waals surface area contributed by atoms with Gasteiger partial charge in [0.25, 0.3) is 0 Å². The normalized spacial score (nSPS) is 12.0. The van der Waals surface area contributed by atoms with Crippen molar-refractivity contribution in [3.05, 3.63) is 58.2 Å². The van der Waals surface area contributed by atoms with Crippen LogP contribution in [0.1, 0.15) is 0 Å². The lowest BCUT2D eigenvalue weighted by molar-refractivity contribution is -0.153. The number of nitrogens with one attached hydrogen (secondary N) is 1. The number of halogens is 4. The van der Waals surface area contributed by atoms with Gasteiger partial charge >= 0.3 is 11.9 Å². The van der Waals surface area contributed by atoms with E-state index in [1.807, 2.05) is 0 Å². The molecule has 0 saturated heterocycles. The highest BCUT2D eigenvalue weighted by atomic mass is 35.5. The predicted octanol–water partition coefficient (Wildman–Crippen LogP) is 3.86. The van der Waals surface area contributed by atoms with Crippen LogP contribution in [0.25, 0.3) is 27.8 Å². The number of nitrogens with zero attached hydrogens (tertiary/aromatic N) is 3. The van der Waals surface area contributed by atoms with Crippen LogP contribution in [0.5, 0.6) is 5.75 Å². The Kier molecular flexibility index (Phi) is 4.03. The Morgan fingerprint density at radius 1 is 1.15 bits per heavy atom. The van der Waals surface area contributed by atoms with Gasteiger partial charge in [0.2, 0.25) is 0 Å². The summed E-state index contributed by atoms with van der Waals surface area (Å²) in [4.78, 5) is 23.1. The van der Waals surface area contributed by atoms with E-state index in [0.717, 1.165) is 0 Å². The van der Waals surface area contributed by atoms with E-state index in [1.165, 1.54) is 16.8 Å². The molecule has 4 aromatic rings. The minimum absolute atomic E-state index is 0.103. The fraction of sp³-hybridized carbons (Fsp3) is 0.118. The van der Waals surface area contributed by atoms with E-state index >= 15 is 0 Å². The van der Waals surface area contributed by atoms with E-state index in [4.69, 9.17) is 16.3 Å². The van der Waals surface area contributed by atoms with Gasteiger partial charge in [-0.05, 0) is 24.3 Å². The summed E-state index contributed by atoms with van der Waals surface area (Å²) < 4.78 is 43.7. The number of H-pyrrole nitrogens is 1. The van der Waals surface area contributed by atoms with E-state index in [-0.39, 0.29) is 16.9 Å². The first-order valence-corrected chi connectivity index (χ1v) is 8.05. The molecule has 0 aliphatic carbocycles. The van der Waals surface area contributed by atoms with Crippen LogP contribution in [0, 0.1) is 0 Å². The van der Waals surface area contributed by atoms with Crippen molar-refractivity contribution in [1.82, 2.24) is 19.5 Å². The Bertz CT molecular complexity index is 1220. The first-order valence-electron chi connectivity index (χ1n) is 7.67. The van der Waals surface area contributed by atoms with Crippen molar-refractivity contribution >= 4 is 33.7 Å². The number of aromatic amines is 1. The third-order valence-corrected chi connectivity index (χ3v) is 4.19. The van der Waals surface area contributed by atoms with Crippen molar-refractivity contribution in [3.63, 3.8) is 0 Å². The van der Waals surface area contributed by atoms with E-state index in [2.05, 4.69) is 15.0 Å². The van der Waals surface area contributed by atoms with E-state index < -0.39 is 18.5 Å². The van der Waals surface area contributed by atoms with E-state index in [9.17, 15) is 18.0 Å². The average molecular weight is 395 g/mol. The maximum atomic E-state index is 12.6. The second-order valence-electron chi connectivity index (χ2n) is 5.67. The zero-order chi connectivity index (χ0) is 19.2. The maximum absolute atomic E-state index is 12.6. The second-order valence-corrected chi connectivity index (χ2v) is 6.08. The molecule has 27 heavy (non-hydrogen) atoms. The van der Waals surface area contributed by atoms with Crippen LogP contribution < -0.4 is 10.4 Å². The Hall–Kier alpha value is -3.07. The highest BCUT2D eigenvalue weighted by Gasteiger charge is 2.29. The van der Waals surface area contributed by atoms with Crippen molar-refractivity contribution in [2.75, 3.05) is 6.61 Å². The molecular weight excluding hydrogens is 385 g/mol. The molecule has 0 radical (unpaired) electrons. The molecule has 10 heteroatoms. The third-order valence-electron chi connectivity index (χ3n) is 3.86. The summed E-state index contributed by atoms with van der Waals surface area (Å²) in [7, 11) is 0. The number of fused-ring (bicyclic) bond motifs is 2. The molecule has 0 spiro atoms. The van der Waals surface area contributed by atoms with Gasteiger partial charge in [-0.2, -0.15) is 13.2 Å². The van der Waals surface area contributed by atoms with Gasteiger partial charge < -0.3 is 4.74 Å². The van der Waals surface area contributed by atoms with Crippen LogP contribution in [0.15, 0.2) is 47.5 Å². The summed E-state index contributed by atoms with van der Waals surface area (Å²) >= 11 is 6.18. The van der Waals surface area contributed by atoms with Gasteiger partial charge in [-0.15, -0.1) is 0 Å². The largest absolute Gasteiger partial charge is 0.482 e. The van der Waals surface area contributed by atoms with Crippen molar-refractivity contribution in [1.29, 1.82) is 0 Å². The van der Waals surface area contributed by atoms with Crippen molar-refractivity contribution in [2.24, 2.45) is 0 Å². The summed E-state index contributed by atoms with van der Waals surface area (Å²) in [5, 5.41) is 1.03. The first-order chi connectivity index (χ1) is 12.8. The molecule has 1 N–H and O–H groups in total. The van der Waals surface area contributed by atoms with E-state index in [1.54, 1.807) is 30.5 Å². The Balaban J connectivity index is 1.93. The Morgan fingerprint density at radius 2 is 1.93 bits per heavy atom. The van der Waals surface area contributed by atoms with Crippen LogP contribution in [-0.4, -0.2) is 32.3 Å². The zero-order valence-electron chi connectivity index (χ0n) is 13.4. The Morgan fingerprint density at radius 3 is 2.70 bits per heavy atom. The number of alkyl halides is 3. The number of hydrogen-bond donors (Lipinski definition) is 1. The number of ether oxygens (including phenoxy) is 1. The van der Waals surface area contributed by atoms with Crippen LogP contribution in [0.3, 0.4) is 0 Å². The van der Waals surface area contributed by atoms with Crippen LogP contribution in [0.2, 0.25) is 5.02 Å². The monoisotopic (exact) mass is 394 g/mol. The number of hydrogen-bond acceptors (Lipinski definition) is 4. The number of imidazole rings is 1.